The molecule has 0 bridgehead atoms. The van der Waals surface area contributed by atoms with Crippen LogP contribution in [0.5, 0.6) is 0 Å². The summed E-state index contributed by atoms with van der Waals surface area (Å²) in [6, 6.07) is 15.7. The molecule has 0 aliphatic carbocycles. The smallest absolute Gasteiger partial charge is 0.238 e. The van der Waals surface area contributed by atoms with Crippen LogP contribution in [0.1, 0.15) is 11.5 Å². The van der Waals surface area contributed by atoms with E-state index in [4.69, 9.17) is 8.94 Å². The molecule has 30 heavy (non-hydrogen) atoms. The molecule has 1 aliphatic rings. The zero-order valence-corrected chi connectivity index (χ0v) is 16.9. The average Bonchev–Trinajstić information content (AvgIpc) is 3.32. The molecule has 1 aliphatic heterocycles. The van der Waals surface area contributed by atoms with Gasteiger partial charge in [-0.3, -0.25) is 14.6 Å². The van der Waals surface area contributed by atoms with Crippen LogP contribution in [0.4, 0.5) is 5.69 Å². The molecule has 1 fully saturated rings. The molecule has 154 valence electrons. The molecule has 0 atom stereocenters. The van der Waals surface area contributed by atoms with Crippen LogP contribution < -0.4 is 5.32 Å². The summed E-state index contributed by atoms with van der Waals surface area (Å²) < 4.78 is 11.0. The van der Waals surface area contributed by atoms with Gasteiger partial charge in [0.25, 0.3) is 0 Å². The van der Waals surface area contributed by atoms with Gasteiger partial charge in [0.15, 0.2) is 0 Å². The van der Waals surface area contributed by atoms with Crippen LogP contribution in [0.15, 0.2) is 57.5 Å². The third-order valence-corrected chi connectivity index (χ3v) is 5.55. The van der Waals surface area contributed by atoms with Crippen molar-refractivity contribution >= 4 is 33.5 Å². The largest absolute Gasteiger partial charge is 0.456 e. The highest BCUT2D eigenvalue weighted by Crippen LogP contribution is 2.30. The molecule has 2 aromatic heterocycles. The maximum atomic E-state index is 12.6. The van der Waals surface area contributed by atoms with E-state index in [0.717, 1.165) is 71.8 Å². The molecule has 1 N–H and O–H groups in total. The Kier molecular flexibility index (Phi) is 4.98. The Labute approximate surface area is 174 Å². The molecule has 3 heterocycles. The molecular formula is C23H24N4O3. The van der Waals surface area contributed by atoms with E-state index >= 15 is 0 Å². The number of para-hydroxylation sites is 1. The maximum Gasteiger partial charge on any atom is 0.238 e. The lowest BCUT2D eigenvalue weighted by Gasteiger charge is -2.33. The molecule has 7 heteroatoms. The van der Waals surface area contributed by atoms with Gasteiger partial charge in [-0.25, -0.2) is 0 Å². The van der Waals surface area contributed by atoms with Crippen molar-refractivity contribution in [2.24, 2.45) is 0 Å². The Morgan fingerprint density at radius 1 is 1.00 bits per heavy atom. The van der Waals surface area contributed by atoms with E-state index in [-0.39, 0.29) is 5.91 Å². The molecule has 7 nitrogen and oxygen atoms in total. The number of furan rings is 1. The van der Waals surface area contributed by atoms with Gasteiger partial charge in [0.2, 0.25) is 5.91 Å². The van der Waals surface area contributed by atoms with Gasteiger partial charge >= 0.3 is 0 Å². The number of aryl methyl sites for hydroxylation is 1. The Bertz CT molecular complexity index is 1190. The SMILES string of the molecule is Cc1cc(CN2CCN(CC(=O)Nc3ccc4oc5ccccc5c4c3)CC2)no1. The van der Waals surface area contributed by atoms with Gasteiger partial charge in [-0.05, 0) is 31.2 Å². The second kappa shape index (κ2) is 7.93. The number of anilines is 1. The number of amides is 1. The number of carbonyl (C=O) groups is 1. The monoisotopic (exact) mass is 404 g/mol. The first-order valence-corrected chi connectivity index (χ1v) is 10.2. The minimum absolute atomic E-state index is 0.00252. The van der Waals surface area contributed by atoms with Crippen LogP contribution in [-0.4, -0.2) is 53.6 Å². The zero-order chi connectivity index (χ0) is 20.5. The topological polar surface area (TPSA) is 74.8 Å². The number of nitrogens with zero attached hydrogens (tertiary/aromatic N) is 3. The summed E-state index contributed by atoms with van der Waals surface area (Å²) >= 11 is 0. The summed E-state index contributed by atoms with van der Waals surface area (Å²) in [7, 11) is 0. The molecule has 1 saturated heterocycles. The summed E-state index contributed by atoms with van der Waals surface area (Å²) in [6.45, 7) is 6.61. The number of hydrogen-bond donors (Lipinski definition) is 1. The van der Waals surface area contributed by atoms with Crippen molar-refractivity contribution in [1.29, 1.82) is 0 Å². The van der Waals surface area contributed by atoms with Crippen molar-refractivity contribution in [3.05, 3.63) is 60.0 Å². The first kappa shape index (κ1) is 18.8. The number of nitrogens with one attached hydrogen (secondary N) is 1. The number of piperazine rings is 1. The van der Waals surface area contributed by atoms with Crippen LogP contribution >= 0.6 is 0 Å². The molecule has 0 spiro atoms. The number of hydrogen-bond acceptors (Lipinski definition) is 6. The van der Waals surface area contributed by atoms with Gasteiger partial charge in [0, 0.05) is 55.2 Å². The summed E-state index contributed by atoms with van der Waals surface area (Å²) in [5.74, 6) is 0.838. The molecule has 0 radical (unpaired) electrons. The highest BCUT2D eigenvalue weighted by molar-refractivity contribution is 6.07. The quantitative estimate of drug-likeness (QED) is 0.547. The third-order valence-electron chi connectivity index (χ3n) is 5.55. The number of rotatable bonds is 5. The van der Waals surface area contributed by atoms with E-state index in [9.17, 15) is 4.79 Å². The second-order valence-corrected chi connectivity index (χ2v) is 7.84. The first-order chi connectivity index (χ1) is 14.6. The Morgan fingerprint density at radius 3 is 2.57 bits per heavy atom. The van der Waals surface area contributed by atoms with Crippen molar-refractivity contribution < 1.29 is 13.7 Å². The van der Waals surface area contributed by atoms with Gasteiger partial charge in [-0.15, -0.1) is 0 Å². The fourth-order valence-electron chi connectivity index (χ4n) is 4.03. The number of carbonyl (C=O) groups excluding carboxylic acids is 1. The standard InChI is InChI=1S/C23H24N4O3/c1-16-12-18(25-30-16)14-26-8-10-27(11-9-26)15-23(28)24-17-6-7-22-20(13-17)19-4-2-3-5-21(19)29-22/h2-7,12-13H,8-11,14-15H2,1H3,(H,24,28). The predicted octanol–water partition coefficient (Wildman–Crippen LogP) is 3.64. The summed E-state index contributed by atoms with van der Waals surface area (Å²) in [5, 5.41) is 9.16. The van der Waals surface area contributed by atoms with Crippen molar-refractivity contribution in [2.45, 2.75) is 13.5 Å². The van der Waals surface area contributed by atoms with E-state index in [2.05, 4.69) is 20.3 Å². The van der Waals surface area contributed by atoms with E-state index in [1.54, 1.807) is 0 Å². The van der Waals surface area contributed by atoms with Gasteiger partial charge in [-0.1, -0.05) is 23.4 Å². The van der Waals surface area contributed by atoms with E-state index in [1.807, 2.05) is 55.5 Å². The van der Waals surface area contributed by atoms with E-state index < -0.39 is 0 Å². The van der Waals surface area contributed by atoms with Gasteiger partial charge in [0.05, 0.1) is 12.2 Å². The fourth-order valence-corrected chi connectivity index (χ4v) is 4.03. The van der Waals surface area contributed by atoms with Gasteiger partial charge in [-0.2, -0.15) is 0 Å². The Balaban J connectivity index is 1.17. The lowest BCUT2D eigenvalue weighted by molar-refractivity contribution is -0.117. The highest BCUT2D eigenvalue weighted by Gasteiger charge is 2.20. The molecule has 5 rings (SSSR count). The van der Waals surface area contributed by atoms with Gasteiger partial charge in [0.1, 0.15) is 16.9 Å². The van der Waals surface area contributed by atoms with E-state index in [0.29, 0.717) is 6.54 Å². The summed E-state index contributed by atoms with van der Waals surface area (Å²) in [5.41, 5.74) is 3.43. The van der Waals surface area contributed by atoms with Crippen LogP contribution in [0, 0.1) is 6.92 Å². The summed E-state index contributed by atoms with van der Waals surface area (Å²) in [4.78, 5) is 17.1. The average molecular weight is 404 g/mol. The van der Waals surface area contributed by atoms with Crippen LogP contribution in [0.25, 0.3) is 21.9 Å². The van der Waals surface area contributed by atoms with Crippen LogP contribution in [0.3, 0.4) is 0 Å². The molecule has 2 aromatic carbocycles. The van der Waals surface area contributed by atoms with E-state index in [1.165, 1.54) is 0 Å². The van der Waals surface area contributed by atoms with Crippen molar-refractivity contribution in [1.82, 2.24) is 15.0 Å². The zero-order valence-electron chi connectivity index (χ0n) is 16.9. The molecule has 0 unspecified atom stereocenters. The minimum atomic E-state index is 0.00252. The lowest BCUT2D eigenvalue weighted by Crippen LogP contribution is -2.48. The predicted molar refractivity (Wildman–Crippen MR) is 115 cm³/mol. The molecule has 4 aromatic rings. The van der Waals surface area contributed by atoms with Crippen molar-refractivity contribution in [3.8, 4) is 0 Å². The highest BCUT2D eigenvalue weighted by atomic mass is 16.5. The van der Waals surface area contributed by atoms with Gasteiger partial charge < -0.3 is 14.3 Å². The lowest BCUT2D eigenvalue weighted by atomic mass is 10.1. The van der Waals surface area contributed by atoms with Crippen molar-refractivity contribution in [2.75, 3.05) is 38.0 Å². The summed E-state index contributed by atoms with van der Waals surface area (Å²) in [6.07, 6.45) is 0. The normalized spacial score (nSPS) is 15.8. The molecule has 1 amide bonds. The number of benzene rings is 2. The number of fused-ring (bicyclic) bond motifs is 3. The Hall–Kier alpha value is -3.16. The van der Waals surface area contributed by atoms with Crippen LogP contribution in [0.2, 0.25) is 0 Å². The number of aromatic nitrogens is 1. The van der Waals surface area contributed by atoms with Crippen LogP contribution in [-0.2, 0) is 11.3 Å². The third kappa shape index (κ3) is 3.94. The second-order valence-electron chi connectivity index (χ2n) is 7.84. The molecular weight excluding hydrogens is 380 g/mol. The maximum absolute atomic E-state index is 12.6. The molecule has 0 saturated carbocycles. The fraction of sp³-hybridized carbons (Fsp3) is 0.304. The minimum Gasteiger partial charge on any atom is -0.456 e. The Morgan fingerprint density at radius 2 is 1.77 bits per heavy atom. The van der Waals surface area contributed by atoms with Crippen molar-refractivity contribution in [3.63, 3.8) is 0 Å². The first-order valence-electron chi connectivity index (χ1n) is 10.2.